The summed E-state index contributed by atoms with van der Waals surface area (Å²) >= 11 is 0. The maximum absolute atomic E-state index is 12.4. The molecule has 0 spiro atoms. The Bertz CT molecular complexity index is 1360. The molecule has 2 aliphatic rings. The number of hydrogen-bond donors (Lipinski definition) is 1. The third-order valence-corrected chi connectivity index (χ3v) is 5.29. The first-order chi connectivity index (χ1) is 20.1. The lowest BCUT2D eigenvalue weighted by atomic mass is 9.66. The Morgan fingerprint density at radius 3 is 2.89 bits per heavy atom. The second-order valence-electron chi connectivity index (χ2n) is 7.48. The quantitative estimate of drug-likeness (QED) is 0.622. The van der Waals surface area contributed by atoms with Crippen molar-refractivity contribution in [3.8, 4) is 11.5 Å². The van der Waals surface area contributed by atoms with Gasteiger partial charge in [-0.15, -0.1) is 0 Å². The van der Waals surface area contributed by atoms with Gasteiger partial charge in [0.2, 0.25) is 0 Å². The van der Waals surface area contributed by atoms with E-state index < -0.39 is 80.7 Å². The molecule has 1 aromatic carbocycles. The van der Waals surface area contributed by atoms with Crippen molar-refractivity contribution in [3.63, 3.8) is 0 Å². The van der Waals surface area contributed by atoms with Gasteiger partial charge in [-0.1, -0.05) is 46.0 Å². The Morgan fingerprint density at radius 2 is 2.15 bits per heavy atom. The maximum atomic E-state index is 12.4. The highest BCUT2D eigenvalue weighted by Gasteiger charge is 2.47. The van der Waals surface area contributed by atoms with E-state index >= 15 is 0 Å². The average Bonchev–Trinajstić information content (AvgIpc) is 2.80. The molecule has 1 aliphatic carbocycles. The van der Waals surface area contributed by atoms with Crippen LogP contribution in [0.25, 0.3) is 0 Å². The molecule has 1 aliphatic heterocycles. The molecular formula is C24H36O3. The molecule has 0 aromatic heterocycles. The van der Waals surface area contributed by atoms with Crippen LogP contribution in [0.4, 0.5) is 0 Å². The molecule has 2 atom stereocenters. The number of fused-ring (bicyclic) bond motifs is 3. The van der Waals surface area contributed by atoms with Gasteiger partial charge in [0.1, 0.15) is 22.9 Å². The molecule has 1 N–H and O–H groups in total. The molecule has 1 fully saturated rings. The van der Waals surface area contributed by atoms with Crippen molar-refractivity contribution in [3.05, 3.63) is 23.3 Å². The number of carbonyl (C=O) groups is 1. The minimum atomic E-state index is -4.61. The van der Waals surface area contributed by atoms with Crippen LogP contribution >= 0.6 is 0 Å². The molecule has 3 heteroatoms. The number of ketones is 1. The van der Waals surface area contributed by atoms with Crippen LogP contribution in [0.2, 0.25) is 0 Å². The van der Waals surface area contributed by atoms with Crippen molar-refractivity contribution in [2.24, 2.45) is 5.92 Å². The number of ether oxygens (including phenoxy) is 1. The molecule has 0 amide bonds. The normalized spacial score (nSPS) is 38.6. The number of benzene rings is 1. The maximum Gasteiger partial charge on any atom is 0.133 e. The van der Waals surface area contributed by atoms with E-state index in [1.165, 1.54) is 0 Å². The highest BCUT2D eigenvalue weighted by Crippen LogP contribution is 2.54. The zero-order valence-electron chi connectivity index (χ0n) is 34.2. The van der Waals surface area contributed by atoms with E-state index in [0.717, 1.165) is 6.07 Å². The largest absolute Gasteiger partial charge is 0.508 e. The summed E-state index contributed by atoms with van der Waals surface area (Å²) in [5.74, 6) is -2.28. The predicted octanol–water partition coefficient (Wildman–Crippen LogP) is 6.26. The summed E-state index contributed by atoms with van der Waals surface area (Å²) in [7, 11) is 0. The molecule has 0 bridgehead atoms. The van der Waals surface area contributed by atoms with E-state index in [-0.39, 0.29) is 35.9 Å². The molecular weight excluding hydrogens is 336 g/mol. The van der Waals surface area contributed by atoms with Crippen LogP contribution in [0.15, 0.2) is 12.1 Å². The minimum absolute atomic E-state index is 0.00668. The van der Waals surface area contributed by atoms with Crippen LogP contribution in [0.3, 0.4) is 0 Å². The monoisotopic (exact) mass is 391 g/mol. The topological polar surface area (TPSA) is 46.5 Å². The van der Waals surface area contributed by atoms with Gasteiger partial charge in [0.15, 0.2) is 0 Å². The van der Waals surface area contributed by atoms with Crippen LogP contribution in [-0.4, -0.2) is 16.5 Å². The number of rotatable bonds is 6. The smallest absolute Gasteiger partial charge is 0.133 e. The lowest BCUT2D eigenvalue weighted by Gasteiger charge is -2.47. The fourth-order valence-electron chi connectivity index (χ4n) is 4.05. The van der Waals surface area contributed by atoms with E-state index in [1.807, 2.05) is 0 Å². The lowest BCUT2D eigenvalue weighted by molar-refractivity contribution is -0.124. The highest BCUT2D eigenvalue weighted by atomic mass is 16.5. The fraction of sp³-hybridized carbons (Fsp3) is 0.708. The van der Waals surface area contributed by atoms with Gasteiger partial charge in [-0.3, -0.25) is 4.79 Å². The third-order valence-electron chi connectivity index (χ3n) is 5.29. The van der Waals surface area contributed by atoms with Crippen molar-refractivity contribution in [2.75, 3.05) is 0 Å². The summed E-state index contributed by atoms with van der Waals surface area (Å²) in [6.07, 6.45) is -21.8. The number of phenolic OH excluding ortho intramolecular Hbond substituents is 1. The van der Waals surface area contributed by atoms with Crippen molar-refractivity contribution < 1.29 is 40.7 Å². The van der Waals surface area contributed by atoms with E-state index in [2.05, 4.69) is 0 Å². The Morgan fingerprint density at radius 1 is 1.33 bits per heavy atom. The molecule has 0 unspecified atom stereocenters. The molecule has 3 rings (SSSR count). The summed E-state index contributed by atoms with van der Waals surface area (Å²) in [4.78, 5) is 12.4. The average molecular weight is 392 g/mol. The van der Waals surface area contributed by atoms with Crippen molar-refractivity contribution >= 4 is 5.78 Å². The number of carbonyl (C=O) groups excluding carboxylic acids is 1. The Labute approximate surface area is 191 Å². The van der Waals surface area contributed by atoms with Crippen LogP contribution in [0, 0.1) is 5.92 Å². The van der Waals surface area contributed by atoms with E-state index in [9.17, 15) is 9.90 Å². The standard InChI is InChI=1S/C24H36O3/c1-6-7-8-9-12-23(2,3)16-13-20(26)22-18-15-17(25)10-11-19(18)24(4,5)27-21(22)14-16/h13-14,18-19,26H,6-12,15H2,1-5H3/t18-,19-/m1/s1/i1D3,2D3,3D3,6D2,7D2,8D2,9D2,12D2. The van der Waals surface area contributed by atoms with E-state index in [4.69, 9.17) is 30.8 Å². The van der Waals surface area contributed by atoms with Gasteiger partial charge in [-0.25, -0.2) is 0 Å². The molecule has 1 aromatic rings. The predicted molar refractivity (Wildman–Crippen MR) is 110 cm³/mol. The van der Waals surface area contributed by atoms with Gasteiger partial charge in [0, 0.05) is 56.3 Å². The number of phenols is 1. The molecule has 1 saturated carbocycles. The summed E-state index contributed by atoms with van der Waals surface area (Å²) in [6.45, 7) is -8.92. The Balaban J connectivity index is 2.45. The van der Waals surface area contributed by atoms with Crippen LogP contribution < -0.4 is 4.74 Å². The summed E-state index contributed by atoms with van der Waals surface area (Å²) in [6, 6.07) is 1.33. The van der Waals surface area contributed by atoms with Crippen LogP contribution in [0.5, 0.6) is 11.5 Å². The molecule has 27 heavy (non-hydrogen) atoms. The Kier molecular flexibility index (Phi) is 1.96. The van der Waals surface area contributed by atoms with E-state index in [1.54, 1.807) is 13.8 Å². The minimum Gasteiger partial charge on any atom is -0.508 e. The second kappa shape index (κ2) is 7.48. The summed E-state index contributed by atoms with van der Waals surface area (Å²) in [5.41, 5.74) is -6.31. The fourth-order valence-corrected chi connectivity index (χ4v) is 4.05. The first kappa shape index (κ1) is 7.07. The van der Waals surface area contributed by atoms with Crippen molar-refractivity contribution in [1.82, 2.24) is 0 Å². The summed E-state index contributed by atoms with van der Waals surface area (Å²) < 4.78 is 162. The zero-order valence-corrected chi connectivity index (χ0v) is 15.2. The van der Waals surface area contributed by atoms with Crippen molar-refractivity contribution in [1.29, 1.82) is 0 Å². The number of hydrogen-bond acceptors (Lipinski definition) is 3. The third kappa shape index (κ3) is 4.02. The van der Waals surface area contributed by atoms with Crippen molar-refractivity contribution in [2.45, 2.75) is 102 Å². The number of aromatic hydroxyl groups is 1. The van der Waals surface area contributed by atoms with E-state index in [0.29, 0.717) is 12.5 Å². The Hall–Kier alpha value is -1.51. The van der Waals surface area contributed by atoms with Crippen LogP contribution in [0.1, 0.15) is 129 Å². The first-order valence-electron chi connectivity index (χ1n) is 18.2. The molecule has 150 valence electrons. The van der Waals surface area contributed by atoms with Gasteiger partial charge < -0.3 is 9.84 Å². The SMILES string of the molecule is [2H]C([2H])([2H])C([2H])([2H])C([2H])([2H])C([2H])([2H])C([2H])([2H])C([2H])([2H])C(c1cc(O)c2c(c1)OC(C)(C)[C@@H]1CCC(=O)C[C@@H]21)(C([2H])([2H])[2H])C([2H])([2H])[2H]. The molecule has 0 radical (unpaired) electrons. The van der Waals surface area contributed by atoms with Crippen LogP contribution in [-0.2, 0) is 10.2 Å². The molecule has 0 saturated heterocycles. The van der Waals surface area contributed by atoms with Gasteiger partial charge >= 0.3 is 0 Å². The summed E-state index contributed by atoms with van der Waals surface area (Å²) in [5, 5.41) is 11.3. The molecule has 3 nitrogen and oxygen atoms in total. The first-order valence-corrected chi connectivity index (χ1v) is 8.67. The van der Waals surface area contributed by atoms with Gasteiger partial charge in [-0.05, 0) is 49.8 Å². The molecule has 1 heterocycles. The van der Waals surface area contributed by atoms with Gasteiger partial charge in [0.05, 0.1) is 0 Å². The zero-order chi connectivity index (χ0) is 36.3. The highest BCUT2D eigenvalue weighted by molar-refractivity contribution is 5.81. The number of Topliss-reactive ketones (excluding diaryl/α,β-unsaturated/α-hetero) is 1. The second-order valence-corrected chi connectivity index (χ2v) is 7.48. The lowest BCUT2D eigenvalue weighted by Crippen LogP contribution is -2.47. The van der Waals surface area contributed by atoms with Gasteiger partial charge in [-0.2, -0.15) is 0 Å². The van der Waals surface area contributed by atoms with Gasteiger partial charge in [0.25, 0.3) is 0 Å².